The van der Waals surface area contributed by atoms with Gasteiger partial charge in [0.2, 0.25) is 5.56 Å². The number of carbonyl (C=O) groups excluding carboxylic acids is 1. The van der Waals surface area contributed by atoms with E-state index in [4.69, 9.17) is 0 Å². The van der Waals surface area contributed by atoms with Crippen molar-refractivity contribution >= 4 is 16.9 Å². The van der Waals surface area contributed by atoms with Gasteiger partial charge in [-0.1, -0.05) is 6.92 Å². The van der Waals surface area contributed by atoms with E-state index in [-0.39, 0.29) is 23.8 Å². The number of aryl methyl sites for hydroxylation is 1. The fourth-order valence-corrected chi connectivity index (χ4v) is 2.61. The van der Waals surface area contributed by atoms with Crippen LogP contribution >= 0.6 is 0 Å². The molecule has 0 atom stereocenters. The monoisotopic (exact) mass is 328 g/mol. The number of amides is 1. The van der Waals surface area contributed by atoms with E-state index < -0.39 is 0 Å². The first-order valence-electron chi connectivity index (χ1n) is 7.59. The molecule has 2 N–H and O–H groups in total. The molecule has 0 saturated carbocycles. The summed E-state index contributed by atoms with van der Waals surface area (Å²) in [4.78, 5) is 35.5. The smallest absolute Gasteiger partial charge is 0.255 e. The van der Waals surface area contributed by atoms with Crippen LogP contribution in [0.4, 0.5) is 4.39 Å². The lowest BCUT2D eigenvalue weighted by Gasteiger charge is -2.17. The highest BCUT2D eigenvalue weighted by molar-refractivity contribution is 5.95. The van der Waals surface area contributed by atoms with Crippen LogP contribution < -0.4 is 5.56 Å². The van der Waals surface area contributed by atoms with Crippen LogP contribution in [0.15, 0.2) is 35.1 Å². The summed E-state index contributed by atoms with van der Waals surface area (Å²) < 4.78 is 13.2. The Morgan fingerprint density at radius 1 is 1.25 bits per heavy atom. The molecule has 1 amide bonds. The number of aromatic nitrogens is 3. The Balaban J connectivity index is 1.84. The van der Waals surface area contributed by atoms with Crippen LogP contribution in [0.3, 0.4) is 0 Å². The number of pyridine rings is 1. The van der Waals surface area contributed by atoms with Crippen molar-refractivity contribution < 1.29 is 9.18 Å². The van der Waals surface area contributed by atoms with E-state index in [1.54, 1.807) is 13.1 Å². The van der Waals surface area contributed by atoms with Crippen molar-refractivity contribution in [3.05, 3.63) is 63.6 Å². The summed E-state index contributed by atoms with van der Waals surface area (Å²) in [6.07, 6.45) is 0.551. The minimum Gasteiger partial charge on any atom is -0.340 e. The fraction of sp³-hybridized carbons (Fsp3) is 0.235. The van der Waals surface area contributed by atoms with Crippen LogP contribution in [0.25, 0.3) is 11.0 Å². The third-order valence-electron chi connectivity index (χ3n) is 3.81. The van der Waals surface area contributed by atoms with E-state index in [1.165, 1.54) is 29.2 Å². The summed E-state index contributed by atoms with van der Waals surface area (Å²) in [5.74, 6) is 0.00613. The summed E-state index contributed by atoms with van der Waals surface area (Å²) in [6, 6.07) is 7.17. The van der Waals surface area contributed by atoms with Gasteiger partial charge in [0.1, 0.15) is 11.6 Å². The maximum atomic E-state index is 13.2. The summed E-state index contributed by atoms with van der Waals surface area (Å²) in [5.41, 5.74) is 2.06. The number of fused-ring (bicyclic) bond motifs is 1. The van der Waals surface area contributed by atoms with Gasteiger partial charge in [-0.05, 0) is 30.7 Å². The summed E-state index contributed by atoms with van der Waals surface area (Å²) >= 11 is 0. The Hall–Kier alpha value is -2.96. The molecule has 2 aromatic heterocycles. The Labute approximate surface area is 137 Å². The average Bonchev–Trinajstić information content (AvgIpc) is 2.95. The molecule has 24 heavy (non-hydrogen) atoms. The van der Waals surface area contributed by atoms with Gasteiger partial charge in [0.15, 0.2) is 0 Å². The topological polar surface area (TPSA) is 81.8 Å². The molecule has 0 unspecified atom stereocenters. The predicted molar refractivity (Wildman–Crippen MR) is 88.3 cm³/mol. The second-order valence-electron chi connectivity index (χ2n) is 5.57. The SMILES string of the molecule is CCc1[nH]c(=O)ccc1C(=O)N(C)Cc1nc2ccc(F)cc2[nH]1. The number of imidazole rings is 1. The second-order valence-corrected chi connectivity index (χ2v) is 5.57. The minimum atomic E-state index is -0.344. The van der Waals surface area contributed by atoms with Gasteiger partial charge in [0.25, 0.3) is 5.91 Å². The highest BCUT2D eigenvalue weighted by atomic mass is 19.1. The van der Waals surface area contributed by atoms with Gasteiger partial charge in [-0.25, -0.2) is 9.37 Å². The van der Waals surface area contributed by atoms with E-state index in [0.717, 1.165) is 0 Å². The lowest BCUT2D eigenvalue weighted by molar-refractivity contribution is 0.0780. The maximum absolute atomic E-state index is 13.2. The van der Waals surface area contributed by atoms with Gasteiger partial charge in [0.05, 0.1) is 23.1 Å². The number of H-pyrrole nitrogens is 2. The third kappa shape index (κ3) is 3.05. The van der Waals surface area contributed by atoms with Crippen molar-refractivity contribution in [3.8, 4) is 0 Å². The zero-order valence-corrected chi connectivity index (χ0v) is 13.4. The Morgan fingerprint density at radius 2 is 2.04 bits per heavy atom. The predicted octanol–water partition coefficient (Wildman–Crippen LogP) is 2.22. The van der Waals surface area contributed by atoms with Crippen LogP contribution in [0.5, 0.6) is 0 Å². The van der Waals surface area contributed by atoms with E-state index >= 15 is 0 Å². The van der Waals surface area contributed by atoms with Crippen LogP contribution in [0, 0.1) is 5.82 Å². The molecule has 3 rings (SSSR count). The van der Waals surface area contributed by atoms with Crippen molar-refractivity contribution in [2.75, 3.05) is 7.05 Å². The molecule has 0 saturated heterocycles. The van der Waals surface area contributed by atoms with Crippen LogP contribution in [0.2, 0.25) is 0 Å². The van der Waals surface area contributed by atoms with Crippen LogP contribution in [-0.4, -0.2) is 32.8 Å². The van der Waals surface area contributed by atoms with Crippen molar-refractivity contribution in [1.29, 1.82) is 0 Å². The third-order valence-corrected chi connectivity index (χ3v) is 3.81. The normalized spacial score (nSPS) is 11.0. The summed E-state index contributed by atoms with van der Waals surface area (Å²) in [5, 5.41) is 0. The average molecular weight is 328 g/mol. The lowest BCUT2D eigenvalue weighted by atomic mass is 10.1. The molecular weight excluding hydrogens is 311 g/mol. The van der Waals surface area contributed by atoms with Crippen molar-refractivity contribution in [3.63, 3.8) is 0 Å². The highest BCUT2D eigenvalue weighted by Gasteiger charge is 2.17. The first-order valence-corrected chi connectivity index (χ1v) is 7.59. The zero-order chi connectivity index (χ0) is 17.3. The van der Waals surface area contributed by atoms with Gasteiger partial charge in [-0.3, -0.25) is 9.59 Å². The number of halogens is 1. The molecule has 0 aliphatic carbocycles. The van der Waals surface area contributed by atoms with Gasteiger partial charge in [0, 0.05) is 18.8 Å². The molecule has 0 bridgehead atoms. The van der Waals surface area contributed by atoms with Gasteiger partial charge < -0.3 is 14.9 Å². The van der Waals surface area contributed by atoms with Gasteiger partial charge in [-0.2, -0.15) is 0 Å². The number of nitrogens with one attached hydrogen (secondary N) is 2. The standard InChI is InChI=1S/C17H17FN4O2/c1-3-12-11(5-7-16(23)21-12)17(24)22(2)9-15-19-13-6-4-10(18)8-14(13)20-15/h4-8H,3,9H2,1-2H3,(H,19,20)(H,21,23). The molecule has 7 heteroatoms. The number of hydrogen-bond acceptors (Lipinski definition) is 3. The van der Waals surface area contributed by atoms with E-state index in [2.05, 4.69) is 15.0 Å². The van der Waals surface area contributed by atoms with Crippen molar-refractivity contribution in [2.24, 2.45) is 0 Å². The first-order chi connectivity index (χ1) is 11.5. The summed E-state index contributed by atoms with van der Waals surface area (Å²) in [7, 11) is 1.65. The fourth-order valence-electron chi connectivity index (χ4n) is 2.61. The highest BCUT2D eigenvalue weighted by Crippen LogP contribution is 2.15. The number of rotatable bonds is 4. The molecule has 3 aromatic rings. The van der Waals surface area contributed by atoms with Gasteiger partial charge >= 0.3 is 0 Å². The Morgan fingerprint density at radius 3 is 2.79 bits per heavy atom. The number of carbonyl (C=O) groups is 1. The molecule has 0 radical (unpaired) electrons. The number of benzene rings is 1. The van der Waals surface area contributed by atoms with Crippen molar-refractivity contribution in [1.82, 2.24) is 19.9 Å². The molecule has 0 aliphatic rings. The van der Waals surface area contributed by atoms with Crippen LogP contribution in [-0.2, 0) is 13.0 Å². The Kier molecular flexibility index (Phi) is 4.16. The Bertz CT molecular complexity index is 961. The zero-order valence-electron chi connectivity index (χ0n) is 13.4. The molecule has 124 valence electrons. The van der Waals surface area contributed by atoms with E-state index in [0.29, 0.717) is 34.5 Å². The molecule has 0 fully saturated rings. The van der Waals surface area contributed by atoms with E-state index in [1.807, 2.05) is 6.92 Å². The van der Waals surface area contributed by atoms with E-state index in [9.17, 15) is 14.0 Å². The quantitative estimate of drug-likeness (QED) is 0.770. The lowest BCUT2D eigenvalue weighted by Crippen LogP contribution is -2.28. The minimum absolute atomic E-state index is 0.213. The first kappa shape index (κ1) is 15.9. The molecule has 0 spiro atoms. The summed E-state index contributed by atoms with van der Waals surface area (Å²) in [6.45, 7) is 2.12. The number of aromatic amines is 2. The molecule has 6 nitrogen and oxygen atoms in total. The molecule has 2 heterocycles. The second kappa shape index (κ2) is 6.27. The van der Waals surface area contributed by atoms with Gasteiger partial charge in [-0.15, -0.1) is 0 Å². The maximum Gasteiger partial charge on any atom is 0.255 e. The van der Waals surface area contributed by atoms with Crippen LogP contribution in [0.1, 0.15) is 28.8 Å². The number of hydrogen-bond donors (Lipinski definition) is 2. The number of nitrogens with zero attached hydrogens (tertiary/aromatic N) is 2. The molecular formula is C17H17FN4O2. The molecule has 1 aromatic carbocycles. The largest absolute Gasteiger partial charge is 0.340 e. The molecule has 0 aliphatic heterocycles. The van der Waals surface area contributed by atoms with Crippen molar-refractivity contribution in [2.45, 2.75) is 19.9 Å².